The molecule has 0 spiro atoms. The van der Waals surface area contributed by atoms with E-state index in [9.17, 15) is 20.1 Å². The van der Waals surface area contributed by atoms with Gasteiger partial charge in [0.1, 0.15) is 0 Å². The van der Waals surface area contributed by atoms with Gasteiger partial charge in [-0.25, -0.2) is 0 Å². The Morgan fingerprint density at radius 2 is 1.94 bits per heavy atom. The second kappa shape index (κ2) is 9.42. The predicted molar refractivity (Wildman–Crippen MR) is 135 cm³/mol. The van der Waals surface area contributed by atoms with Gasteiger partial charge < -0.3 is 20.6 Å². The normalized spacial score (nSPS) is 45.7. The van der Waals surface area contributed by atoms with E-state index in [1.165, 1.54) is 0 Å². The van der Waals surface area contributed by atoms with Gasteiger partial charge in [0.15, 0.2) is 0 Å². The van der Waals surface area contributed by atoms with Gasteiger partial charge in [0.05, 0.1) is 30.2 Å². The summed E-state index contributed by atoms with van der Waals surface area (Å²) in [5, 5.41) is 36.3. The molecular weight excluding hydrogens is 440 g/mol. The molecule has 0 aliphatic heterocycles. The lowest BCUT2D eigenvalue weighted by Crippen LogP contribution is -2.62. The highest BCUT2D eigenvalue weighted by Crippen LogP contribution is 2.68. The first kappa shape index (κ1) is 25.2. The van der Waals surface area contributed by atoms with Crippen LogP contribution in [0.25, 0.3) is 0 Å². The first-order valence-electron chi connectivity index (χ1n) is 13.9. The van der Waals surface area contributed by atoms with Crippen LogP contribution in [0.2, 0.25) is 0 Å². The van der Waals surface area contributed by atoms with Gasteiger partial charge in [0, 0.05) is 12.6 Å². The van der Waals surface area contributed by atoms with Crippen LogP contribution < -0.4 is 5.32 Å². The number of aliphatic hydroxyl groups excluding tert-OH is 3. The molecule has 5 rings (SSSR count). The highest BCUT2D eigenvalue weighted by Gasteiger charge is 2.65. The molecule has 4 fully saturated rings. The van der Waals surface area contributed by atoms with Gasteiger partial charge in [-0.1, -0.05) is 20.8 Å². The second-order valence-electron chi connectivity index (χ2n) is 12.8. The molecule has 0 aromatic carbocycles. The second-order valence-corrected chi connectivity index (χ2v) is 12.8. The quantitative estimate of drug-likeness (QED) is 0.496. The summed E-state index contributed by atoms with van der Waals surface area (Å²) in [5.74, 6) is 1.88. The van der Waals surface area contributed by atoms with Gasteiger partial charge in [0.25, 0.3) is 0 Å². The number of hydrogen-bond donors (Lipinski definition) is 4. The van der Waals surface area contributed by atoms with Crippen LogP contribution in [0.5, 0.6) is 0 Å². The van der Waals surface area contributed by atoms with Gasteiger partial charge in [-0.3, -0.25) is 9.78 Å². The molecule has 0 radical (unpaired) electrons. The SMILES string of the molecule is CC(CCC(=O)Nc1cccnc1)C1CCC2C3C(O)CC4CC(O)CCC4(C)C3CC(O)C12C. The van der Waals surface area contributed by atoms with Crippen molar-refractivity contribution in [3.8, 4) is 0 Å². The summed E-state index contributed by atoms with van der Waals surface area (Å²) in [5.41, 5.74) is 0.596. The maximum absolute atomic E-state index is 12.5. The minimum atomic E-state index is -0.387. The van der Waals surface area contributed by atoms with Crippen LogP contribution in [-0.4, -0.2) is 44.5 Å². The van der Waals surface area contributed by atoms with E-state index < -0.39 is 0 Å². The molecule has 4 saturated carbocycles. The molecule has 6 nitrogen and oxygen atoms in total. The van der Waals surface area contributed by atoms with E-state index in [2.05, 4.69) is 31.1 Å². The van der Waals surface area contributed by atoms with Gasteiger partial charge in [-0.15, -0.1) is 0 Å². The third-order valence-corrected chi connectivity index (χ3v) is 11.3. The highest BCUT2D eigenvalue weighted by atomic mass is 16.3. The number of rotatable bonds is 5. The summed E-state index contributed by atoms with van der Waals surface area (Å²) in [6.07, 6.45) is 9.88. The average molecular weight is 485 g/mol. The van der Waals surface area contributed by atoms with E-state index in [4.69, 9.17) is 0 Å². The first-order valence-corrected chi connectivity index (χ1v) is 13.9. The fraction of sp³-hybridized carbons (Fsp3) is 0.793. The van der Waals surface area contributed by atoms with Crippen LogP contribution in [-0.2, 0) is 4.79 Å². The van der Waals surface area contributed by atoms with Crippen molar-refractivity contribution in [3.63, 3.8) is 0 Å². The molecule has 1 aromatic rings. The molecule has 0 bridgehead atoms. The number of aliphatic hydroxyl groups is 3. The van der Waals surface area contributed by atoms with Crippen molar-refractivity contribution in [2.24, 2.45) is 46.3 Å². The van der Waals surface area contributed by atoms with E-state index in [1.54, 1.807) is 12.4 Å². The number of hydrogen-bond acceptors (Lipinski definition) is 5. The number of nitrogens with zero attached hydrogens (tertiary/aromatic N) is 1. The van der Waals surface area contributed by atoms with E-state index >= 15 is 0 Å². The number of carbonyl (C=O) groups is 1. The number of carbonyl (C=O) groups excluding carboxylic acids is 1. The standard InChI is InChI=1S/C29H44N2O4/c1-17(6-9-26(35)31-19-5-4-12-30-16-19)21-7-8-22-27-23(15-25(34)29(21,22)3)28(2)11-10-20(32)13-18(28)14-24(27)33/h4-5,12,16-18,20-25,27,32-34H,6-11,13-15H2,1-3H3,(H,31,35). The molecule has 1 aromatic heterocycles. The molecule has 11 unspecified atom stereocenters. The van der Waals surface area contributed by atoms with Gasteiger partial charge in [-0.2, -0.15) is 0 Å². The third kappa shape index (κ3) is 4.23. The number of aromatic nitrogens is 1. The number of pyridine rings is 1. The Morgan fingerprint density at radius 1 is 1.14 bits per heavy atom. The molecule has 35 heavy (non-hydrogen) atoms. The molecule has 6 heteroatoms. The fourth-order valence-electron chi connectivity index (χ4n) is 9.35. The van der Waals surface area contributed by atoms with E-state index in [1.807, 2.05) is 12.1 Å². The Hall–Kier alpha value is -1.50. The van der Waals surface area contributed by atoms with Crippen molar-refractivity contribution >= 4 is 11.6 Å². The van der Waals surface area contributed by atoms with Crippen molar-refractivity contribution in [3.05, 3.63) is 24.5 Å². The van der Waals surface area contributed by atoms with Crippen molar-refractivity contribution in [1.82, 2.24) is 4.98 Å². The minimum absolute atomic E-state index is 0.00922. The van der Waals surface area contributed by atoms with Crippen LogP contribution in [0.15, 0.2) is 24.5 Å². The van der Waals surface area contributed by atoms with Crippen molar-refractivity contribution < 1.29 is 20.1 Å². The van der Waals surface area contributed by atoms with Crippen LogP contribution in [0.4, 0.5) is 5.69 Å². The Morgan fingerprint density at radius 3 is 2.69 bits per heavy atom. The zero-order valence-corrected chi connectivity index (χ0v) is 21.6. The molecule has 1 heterocycles. The largest absolute Gasteiger partial charge is 0.393 e. The monoisotopic (exact) mass is 484 g/mol. The Bertz CT molecular complexity index is 911. The molecule has 4 aliphatic carbocycles. The number of amides is 1. The zero-order valence-electron chi connectivity index (χ0n) is 21.6. The highest BCUT2D eigenvalue weighted by molar-refractivity contribution is 5.90. The van der Waals surface area contributed by atoms with Crippen LogP contribution in [0, 0.1) is 46.3 Å². The smallest absolute Gasteiger partial charge is 0.224 e. The predicted octanol–water partition coefficient (Wildman–Crippen LogP) is 4.40. The topological polar surface area (TPSA) is 103 Å². The molecule has 194 valence electrons. The summed E-state index contributed by atoms with van der Waals surface area (Å²) in [6, 6.07) is 3.66. The van der Waals surface area contributed by atoms with E-state index in [-0.39, 0.29) is 41.0 Å². The minimum Gasteiger partial charge on any atom is -0.393 e. The van der Waals surface area contributed by atoms with Gasteiger partial charge in [0.2, 0.25) is 5.91 Å². The number of anilines is 1. The Kier molecular flexibility index (Phi) is 6.77. The van der Waals surface area contributed by atoms with Crippen LogP contribution >= 0.6 is 0 Å². The maximum atomic E-state index is 12.5. The molecular formula is C29H44N2O4. The van der Waals surface area contributed by atoms with E-state index in [0.717, 1.165) is 57.1 Å². The van der Waals surface area contributed by atoms with Crippen molar-refractivity contribution in [2.45, 2.75) is 96.9 Å². The molecule has 4 N–H and O–H groups in total. The summed E-state index contributed by atoms with van der Waals surface area (Å²) in [7, 11) is 0. The summed E-state index contributed by atoms with van der Waals surface area (Å²) < 4.78 is 0. The van der Waals surface area contributed by atoms with Gasteiger partial charge in [-0.05, 0) is 110 Å². The van der Waals surface area contributed by atoms with Crippen molar-refractivity contribution in [1.29, 1.82) is 0 Å². The van der Waals surface area contributed by atoms with Crippen LogP contribution in [0.3, 0.4) is 0 Å². The molecule has 1 amide bonds. The lowest BCUT2D eigenvalue weighted by molar-refractivity contribution is -0.207. The number of nitrogens with one attached hydrogen (secondary N) is 1. The lowest BCUT2D eigenvalue weighted by atomic mass is 9.43. The maximum Gasteiger partial charge on any atom is 0.224 e. The third-order valence-electron chi connectivity index (χ3n) is 11.3. The summed E-state index contributed by atoms with van der Waals surface area (Å²) >= 11 is 0. The molecule has 0 saturated heterocycles. The lowest BCUT2D eigenvalue weighted by Gasteiger charge is -2.63. The molecule has 4 aliphatic rings. The zero-order chi connectivity index (χ0) is 25.0. The number of fused-ring (bicyclic) bond motifs is 5. The summed E-state index contributed by atoms with van der Waals surface area (Å²) in [6.45, 7) is 6.89. The fourth-order valence-corrected chi connectivity index (χ4v) is 9.35. The average Bonchev–Trinajstić information content (AvgIpc) is 3.18. The Balaban J connectivity index is 1.29. The van der Waals surface area contributed by atoms with Crippen molar-refractivity contribution in [2.75, 3.05) is 5.32 Å². The molecule has 11 atom stereocenters. The van der Waals surface area contributed by atoms with Gasteiger partial charge >= 0.3 is 0 Å². The van der Waals surface area contributed by atoms with E-state index in [0.29, 0.717) is 36.0 Å². The van der Waals surface area contributed by atoms with Crippen LogP contribution in [0.1, 0.15) is 78.6 Å². The Labute approximate surface area is 209 Å². The first-order chi connectivity index (χ1) is 16.6. The summed E-state index contributed by atoms with van der Waals surface area (Å²) in [4.78, 5) is 16.6.